The van der Waals surface area contributed by atoms with Crippen molar-refractivity contribution in [3.05, 3.63) is 29.6 Å². The summed E-state index contributed by atoms with van der Waals surface area (Å²) in [6, 6.07) is 3.76. The second-order valence-electron chi connectivity index (χ2n) is 3.21. The lowest BCUT2D eigenvalue weighted by Gasteiger charge is -2.05. The fourth-order valence-corrected chi connectivity index (χ4v) is 1.11. The zero-order valence-corrected chi connectivity index (χ0v) is 8.50. The number of hydrogen-bond acceptors (Lipinski definition) is 3. The van der Waals surface area contributed by atoms with Crippen LogP contribution in [0, 0.1) is 5.82 Å². The van der Waals surface area contributed by atoms with Crippen LogP contribution < -0.4 is 16.8 Å². The highest BCUT2D eigenvalue weighted by molar-refractivity contribution is 5.95. The number of primary amides is 1. The van der Waals surface area contributed by atoms with Gasteiger partial charge in [-0.25, -0.2) is 4.39 Å². The highest BCUT2D eigenvalue weighted by Gasteiger charge is 2.11. The highest BCUT2D eigenvalue weighted by Crippen LogP contribution is 2.11. The molecule has 0 saturated carbocycles. The zero-order valence-electron chi connectivity index (χ0n) is 8.50. The minimum atomic E-state index is -0.698. The third-order valence-corrected chi connectivity index (χ3v) is 1.89. The summed E-state index contributed by atoms with van der Waals surface area (Å²) in [5, 5.41) is 2.37. The average Bonchev–Trinajstić information content (AvgIpc) is 2.16. The molecule has 0 radical (unpaired) electrons. The van der Waals surface area contributed by atoms with Crippen molar-refractivity contribution in [2.24, 2.45) is 5.73 Å². The predicted octanol–water partition coefficient (Wildman–Crippen LogP) is 0.0131. The molecule has 0 aromatic heterocycles. The summed E-state index contributed by atoms with van der Waals surface area (Å²) in [6.45, 7) is 0.0813. The standard InChI is InChI=1S/C10H12FN3O2/c11-8-5-6(12)1-2-7(8)10(16)14-4-3-9(13)15/h1-2,5H,3-4,12H2,(H2,13,15)(H,14,16). The van der Waals surface area contributed by atoms with Crippen molar-refractivity contribution >= 4 is 17.5 Å². The maximum absolute atomic E-state index is 13.3. The van der Waals surface area contributed by atoms with Gasteiger partial charge in [0.1, 0.15) is 5.82 Å². The van der Waals surface area contributed by atoms with E-state index in [9.17, 15) is 14.0 Å². The lowest BCUT2D eigenvalue weighted by Crippen LogP contribution is -2.28. The van der Waals surface area contributed by atoms with E-state index in [1.807, 2.05) is 0 Å². The van der Waals surface area contributed by atoms with Crippen LogP contribution in [0.3, 0.4) is 0 Å². The molecular weight excluding hydrogens is 213 g/mol. The van der Waals surface area contributed by atoms with Gasteiger partial charge in [-0.15, -0.1) is 0 Å². The molecule has 6 heteroatoms. The van der Waals surface area contributed by atoms with Crippen molar-refractivity contribution in [1.82, 2.24) is 5.32 Å². The van der Waals surface area contributed by atoms with Crippen molar-refractivity contribution in [3.8, 4) is 0 Å². The second-order valence-corrected chi connectivity index (χ2v) is 3.21. The molecule has 0 aliphatic heterocycles. The maximum atomic E-state index is 13.3. The topological polar surface area (TPSA) is 98.2 Å². The fourth-order valence-electron chi connectivity index (χ4n) is 1.11. The molecule has 0 saturated heterocycles. The van der Waals surface area contributed by atoms with Crippen LogP contribution in [0.15, 0.2) is 18.2 Å². The molecule has 0 bridgehead atoms. The number of benzene rings is 1. The largest absolute Gasteiger partial charge is 0.399 e. The third kappa shape index (κ3) is 3.23. The molecule has 1 aromatic carbocycles. The Morgan fingerprint density at radius 2 is 2.06 bits per heavy atom. The Kier molecular flexibility index (Phi) is 3.82. The lowest BCUT2D eigenvalue weighted by atomic mass is 10.2. The van der Waals surface area contributed by atoms with Crippen LogP contribution in [-0.2, 0) is 4.79 Å². The van der Waals surface area contributed by atoms with Gasteiger partial charge in [0.25, 0.3) is 5.91 Å². The molecule has 1 rings (SSSR count). The second kappa shape index (κ2) is 5.11. The number of carbonyl (C=O) groups is 2. The van der Waals surface area contributed by atoms with Crippen LogP contribution in [0.4, 0.5) is 10.1 Å². The number of halogens is 1. The maximum Gasteiger partial charge on any atom is 0.254 e. The summed E-state index contributed by atoms with van der Waals surface area (Å²) in [4.78, 5) is 21.8. The van der Waals surface area contributed by atoms with Gasteiger partial charge in [0.05, 0.1) is 5.56 Å². The van der Waals surface area contributed by atoms with Crippen molar-refractivity contribution < 1.29 is 14.0 Å². The van der Waals surface area contributed by atoms with Crippen molar-refractivity contribution in [1.29, 1.82) is 0 Å². The first-order valence-electron chi connectivity index (χ1n) is 4.62. The normalized spacial score (nSPS) is 9.81. The Balaban J connectivity index is 2.63. The van der Waals surface area contributed by atoms with Gasteiger partial charge in [0.2, 0.25) is 5.91 Å². The van der Waals surface area contributed by atoms with Crippen LogP contribution >= 0.6 is 0 Å². The molecule has 1 aromatic rings. The van der Waals surface area contributed by atoms with E-state index in [2.05, 4.69) is 5.32 Å². The lowest BCUT2D eigenvalue weighted by molar-refractivity contribution is -0.117. The number of rotatable bonds is 4. The van der Waals surface area contributed by atoms with Crippen molar-refractivity contribution in [2.75, 3.05) is 12.3 Å². The monoisotopic (exact) mass is 225 g/mol. The van der Waals surface area contributed by atoms with Gasteiger partial charge in [-0.05, 0) is 18.2 Å². The van der Waals surface area contributed by atoms with Crippen LogP contribution in [0.5, 0.6) is 0 Å². The van der Waals surface area contributed by atoms with E-state index in [0.29, 0.717) is 0 Å². The van der Waals surface area contributed by atoms with E-state index in [4.69, 9.17) is 11.5 Å². The van der Waals surface area contributed by atoms with Gasteiger partial charge >= 0.3 is 0 Å². The molecule has 0 atom stereocenters. The van der Waals surface area contributed by atoms with E-state index < -0.39 is 17.6 Å². The molecule has 0 spiro atoms. The Hall–Kier alpha value is -2.11. The van der Waals surface area contributed by atoms with Crippen LogP contribution in [-0.4, -0.2) is 18.4 Å². The molecule has 0 fully saturated rings. The van der Waals surface area contributed by atoms with Gasteiger partial charge in [-0.2, -0.15) is 0 Å². The molecule has 0 heterocycles. The smallest absolute Gasteiger partial charge is 0.254 e. The minimum absolute atomic E-state index is 0.0162. The molecule has 5 N–H and O–H groups in total. The molecular formula is C10H12FN3O2. The summed E-state index contributed by atoms with van der Waals surface area (Å²) < 4.78 is 13.3. The summed E-state index contributed by atoms with van der Waals surface area (Å²) >= 11 is 0. The van der Waals surface area contributed by atoms with Crippen molar-refractivity contribution in [2.45, 2.75) is 6.42 Å². The summed E-state index contributed by atoms with van der Waals surface area (Å²) in [5.41, 5.74) is 10.4. The fraction of sp³-hybridized carbons (Fsp3) is 0.200. The van der Waals surface area contributed by atoms with E-state index in [0.717, 1.165) is 6.07 Å². The minimum Gasteiger partial charge on any atom is -0.399 e. The van der Waals surface area contributed by atoms with Gasteiger partial charge in [0.15, 0.2) is 0 Å². The van der Waals surface area contributed by atoms with E-state index in [-0.39, 0.29) is 24.2 Å². The summed E-state index contributed by atoms with van der Waals surface area (Å²) in [5.74, 6) is -1.83. The number of carbonyl (C=O) groups excluding carboxylic acids is 2. The number of amides is 2. The van der Waals surface area contributed by atoms with Gasteiger partial charge in [-0.3, -0.25) is 9.59 Å². The third-order valence-electron chi connectivity index (χ3n) is 1.89. The Bertz CT molecular complexity index is 421. The Morgan fingerprint density at radius 1 is 1.38 bits per heavy atom. The molecule has 2 amide bonds. The number of nitrogens with one attached hydrogen (secondary N) is 1. The first-order valence-corrected chi connectivity index (χ1v) is 4.62. The molecule has 86 valence electrons. The number of hydrogen-bond donors (Lipinski definition) is 3. The van der Waals surface area contributed by atoms with E-state index in [1.165, 1.54) is 12.1 Å². The molecule has 5 nitrogen and oxygen atoms in total. The van der Waals surface area contributed by atoms with Crippen molar-refractivity contribution in [3.63, 3.8) is 0 Å². The number of nitrogen functional groups attached to an aromatic ring is 1. The van der Waals surface area contributed by atoms with Crippen LogP contribution in [0.25, 0.3) is 0 Å². The highest BCUT2D eigenvalue weighted by atomic mass is 19.1. The summed E-state index contributed by atoms with van der Waals surface area (Å²) in [6.07, 6.45) is 0.0162. The average molecular weight is 225 g/mol. The molecule has 16 heavy (non-hydrogen) atoms. The molecule has 0 aliphatic carbocycles. The van der Waals surface area contributed by atoms with Gasteiger partial charge in [-0.1, -0.05) is 0 Å². The first-order chi connectivity index (χ1) is 7.50. The number of anilines is 1. The Morgan fingerprint density at radius 3 is 2.62 bits per heavy atom. The van der Waals surface area contributed by atoms with E-state index >= 15 is 0 Å². The molecule has 0 aliphatic rings. The summed E-state index contributed by atoms with van der Waals surface area (Å²) in [7, 11) is 0. The predicted molar refractivity (Wildman–Crippen MR) is 57.0 cm³/mol. The van der Waals surface area contributed by atoms with Crippen LogP contribution in [0.2, 0.25) is 0 Å². The van der Waals surface area contributed by atoms with Gasteiger partial charge < -0.3 is 16.8 Å². The quantitative estimate of drug-likeness (QED) is 0.629. The molecule has 0 unspecified atom stereocenters. The Labute approximate surface area is 91.6 Å². The zero-order chi connectivity index (χ0) is 12.1. The first kappa shape index (κ1) is 12.0. The van der Waals surface area contributed by atoms with E-state index in [1.54, 1.807) is 0 Å². The number of nitrogens with two attached hydrogens (primary N) is 2. The van der Waals surface area contributed by atoms with Gasteiger partial charge in [0, 0.05) is 18.7 Å². The SMILES string of the molecule is NC(=O)CCNC(=O)c1ccc(N)cc1F. The van der Waals surface area contributed by atoms with Crippen LogP contribution in [0.1, 0.15) is 16.8 Å².